The van der Waals surface area contributed by atoms with Gasteiger partial charge in [0, 0.05) is 17.8 Å². The van der Waals surface area contributed by atoms with Crippen molar-refractivity contribution < 1.29 is 4.79 Å². The molecule has 2 rings (SSSR count). The first-order chi connectivity index (χ1) is 9.95. The van der Waals surface area contributed by atoms with Gasteiger partial charge in [-0.1, -0.05) is 18.7 Å². The molecule has 2 N–H and O–H groups in total. The molecule has 1 aromatic rings. The number of nitrogens with one attached hydrogen (secondary N) is 2. The van der Waals surface area contributed by atoms with Gasteiger partial charge >= 0.3 is 0 Å². The molecule has 1 heterocycles. The number of H-pyrrole nitrogens is 1. The van der Waals surface area contributed by atoms with Crippen molar-refractivity contribution in [3.63, 3.8) is 0 Å². The molecule has 0 unspecified atom stereocenters. The van der Waals surface area contributed by atoms with Gasteiger partial charge in [0.05, 0.1) is 5.25 Å². The number of rotatable bonds is 4. The zero-order valence-electron chi connectivity index (χ0n) is 12.8. The Bertz CT molecular complexity index is 550. The van der Waals surface area contributed by atoms with Crippen LogP contribution in [0.25, 0.3) is 0 Å². The van der Waals surface area contributed by atoms with Gasteiger partial charge in [-0.2, -0.15) is 0 Å². The fraction of sp³-hybridized carbons (Fsp3) is 0.667. The smallest absolute Gasteiger partial charge is 0.254 e. The first-order valence-electron chi connectivity index (χ1n) is 7.48. The molecule has 1 saturated carbocycles. The van der Waals surface area contributed by atoms with Crippen LogP contribution in [0.15, 0.2) is 16.1 Å². The summed E-state index contributed by atoms with van der Waals surface area (Å²) in [6, 6.07) is 0.293. The monoisotopic (exact) mass is 309 g/mol. The van der Waals surface area contributed by atoms with Crippen molar-refractivity contribution in [3.05, 3.63) is 22.1 Å². The van der Waals surface area contributed by atoms with Crippen LogP contribution in [0, 0.1) is 12.8 Å². The van der Waals surface area contributed by atoms with E-state index >= 15 is 0 Å². The topological polar surface area (TPSA) is 74.8 Å². The maximum absolute atomic E-state index is 12.2. The van der Waals surface area contributed by atoms with Crippen LogP contribution in [0.3, 0.4) is 0 Å². The molecule has 1 atom stereocenters. The summed E-state index contributed by atoms with van der Waals surface area (Å²) in [6.45, 7) is 5.81. The zero-order valence-corrected chi connectivity index (χ0v) is 13.6. The average molecular weight is 309 g/mol. The van der Waals surface area contributed by atoms with E-state index < -0.39 is 0 Å². The van der Waals surface area contributed by atoms with E-state index in [0.29, 0.717) is 16.8 Å². The van der Waals surface area contributed by atoms with Crippen LogP contribution >= 0.6 is 11.8 Å². The van der Waals surface area contributed by atoms with Gasteiger partial charge in [0.1, 0.15) is 0 Å². The van der Waals surface area contributed by atoms with E-state index in [9.17, 15) is 9.59 Å². The molecule has 1 aliphatic rings. The molecule has 5 nitrogen and oxygen atoms in total. The number of hydrogen-bond acceptors (Lipinski definition) is 4. The molecule has 1 aromatic heterocycles. The van der Waals surface area contributed by atoms with Crippen LogP contribution in [-0.2, 0) is 4.79 Å². The summed E-state index contributed by atoms with van der Waals surface area (Å²) in [6.07, 6.45) is 6.01. The van der Waals surface area contributed by atoms with Gasteiger partial charge < -0.3 is 10.3 Å². The molecule has 1 amide bonds. The van der Waals surface area contributed by atoms with Gasteiger partial charge in [-0.25, -0.2) is 4.98 Å². The Kier molecular flexibility index (Phi) is 5.45. The highest BCUT2D eigenvalue weighted by molar-refractivity contribution is 8.00. The summed E-state index contributed by atoms with van der Waals surface area (Å²) in [5.74, 6) is 0.787. The van der Waals surface area contributed by atoms with Gasteiger partial charge in [-0.15, -0.1) is 0 Å². The second kappa shape index (κ2) is 7.11. The largest absolute Gasteiger partial charge is 0.352 e. The summed E-state index contributed by atoms with van der Waals surface area (Å²) >= 11 is 1.28. The fourth-order valence-electron chi connectivity index (χ4n) is 2.45. The van der Waals surface area contributed by atoms with E-state index in [2.05, 4.69) is 22.2 Å². The van der Waals surface area contributed by atoms with Crippen molar-refractivity contribution in [2.75, 3.05) is 0 Å². The van der Waals surface area contributed by atoms with Crippen LogP contribution in [0.5, 0.6) is 0 Å². The van der Waals surface area contributed by atoms with Crippen molar-refractivity contribution in [1.82, 2.24) is 15.3 Å². The number of amides is 1. The molecule has 0 aliphatic heterocycles. The van der Waals surface area contributed by atoms with Gasteiger partial charge in [-0.05, 0) is 45.4 Å². The van der Waals surface area contributed by atoms with Crippen LogP contribution < -0.4 is 10.9 Å². The summed E-state index contributed by atoms with van der Waals surface area (Å²) in [5.41, 5.74) is 0.425. The standard InChI is InChI=1S/C15H23N3O2S/c1-9-4-6-12(7-5-9)17-14(20)11(3)21-15-16-8-10(2)13(19)18-15/h8-9,11-12H,4-7H2,1-3H3,(H,17,20)(H,16,18,19)/t9?,11-,12?/m0/s1. The second-order valence-corrected chi connectivity index (χ2v) is 7.26. The average Bonchev–Trinajstić information content (AvgIpc) is 2.45. The van der Waals surface area contributed by atoms with Crippen molar-refractivity contribution in [2.24, 2.45) is 5.92 Å². The molecule has 6 heteroatoms. The van der Waals surface area contributed by atoms with Crippen LogP contribution in [0.4, 0.5) is 0 Å². The van der Waals surface area contributed by atoms with Crippen molar-refractivity contribution >= 4 is 17.7 Å². The van der Waals surface area contributed by atoms with Crippen LogP contribution in [-0.4, -0.2) is 27.2 Å². The predicted molar refractivity (Wildman–Crippen MR) is 84.5 cm³/mol. The lowest BCUT2D eigenvalue weighted by Gasteiger charge is -2.27. The fourth-order valence-corrected chi connectivity index (χ4v) is 3.22. The van der Waals surface area contributed by atoms with Crippen LogP contribution in [0.1, 0.15) is 45.1 Å². The molecular weight excluding hydrogens is 286 g/mol. The van der Waals surface area contributed by atoms with Gasteiger partial charge in [-0.3, -0.25) is 9.59 Å². The zero-order chi connectivity index (χ0) is 15.4. The van der Waals surface area contributed by atoms with Crippen molar-refractivity contribution in [1.29, 1.82) is 0 Å². The highest BCUT2D eigenvalue weighted by Gasteiger charge is 2.23. The number of aromatic amines is 1. The minimum atomic E-state index is -0.268. The lowest BCUT2D eigenvalue weighted by atomic mass is 9.87. The van der Waals surface area contributed by atoms with Gasteiger partial charge in [0.2, 0.25) is 5.91 Å². The van der Waals surface area contributed by atoms with Crippen molar-refractivity contribution in [2.45, 2.75) is 62.9 Å². The maximum atomic E-state index is 12.2. The quantitative estimate of drug-likeness (QED) is 0.661. The Balaban J connectivity index is 1.87. The molecule has 0 bridgehead atoms. The number of aryl methyl sites for hydroxylation is 1. The Labute approximate surface area is 129 Å². The predicted octanol–water partition coefficient (Wildman–Crippen LogP) is 2.25. The highest BCUT2D eigenvalue weighted by atomic mass is 32.2. The minimum Gasteiger partial charge on any atom is -0.352 e. The number of carbonyl (C=O) groups excluding carboxylic acids is 1. The van der Waals surface area contributed by atoms with E-state index in [1.54, 1.807) is 6.92 Å². The molecule has 21 heavy (non-hydrogen) atoms. The van der Waals surface area contributed by atoms with Gasteiger partial charge in [0.15, 0.2) is 5.16 Å². The Hall–Kier alpha value is -1.30. The first-order valence-corrected chi connectivity index (χ1v) is 8.36. The third-order valence-electron chi connectivity index (χ3n) is 3.97. The van der Waals surface area contributed by atoms with Crippen molar-refractivity contribution in [3.8, 4) is 0 Å². The Morgan fingerprint density at radius 1 is 1.43 bits per heavy atom. The molecule has 0 saturated heterocycles. The molecule has 1 fully saturated rings. The summed E-state index contributed by atoms with van der Waals surface area (Å²) in [4.78, 5) is 30.6. The lowest BCUT2D eigenvalue weighted by molar-refractivity contribution is -0.121. The lowest BCUT2D eigenvalue weighted by Crippen LogP contribution is -2.41. The molecular formula is C15H23N3O2S. The van der Waals surface area contributed by atoms with E-state index in [1.807, 2.05) is 6.92 Å². The summed E-state index contributed by atoms with van der Waals surface area (Å²) in [5, 5.41) is 3.33. The maximum Gasteiger partial charge on any atom is 0.254 e. The second-order valence-electron chi connectivity index (χ2n) is 5.93. The van der Waals surface area contributed by atoms with Crippen LogP contribution in [0.2, 0.25) is 0 Å². The first kappa shape index (κ1) is 16.1. The van der Waals surface area contributed by atoms with E-state index in [0.717, 1.165) is 18.8 Å². The number of aromatic nitrogens is 2. The Morgan fingerprint density at radius 3 is 2.71 bits per heavy atom. The third kappa shape index (κ3) is 4.59. The molecule has 0 aromatic carbocycles. The normalized spacial score (nSPS) is 23.6. The number of carbonyl (C=O) groups is 1. The number of hydrogen-bond donors (Lipinski definition) is 2. The SMILES string of the molecule is Cc1cnc(S[C@@H](C)C(=O)NC2CCC(C)CC2)[nH]c1=O. The minimum absolute atomic E-state index is 0.0165. The van der Waals surface area contributed by atoms with E-state index in [4.69, 9.17) is 0 Å². The van der Waals surface area contributed by atoms with Gasteiger partial charge in [0.25, 0.3) is 5.56 Å². The number of thioether (sulfide) groups is 1. The number of nitrogens with zero attached hydrogens (tertiary/aromatic N) is 1. The third-order valence-corrected chi connectivity index (χ3v) is 4.97. The Morgan fingerprint density at radius 2 is 2.10 bits per heavy atom. The molecule has 116 valence electrons. The van der Waals surface area contributed by atoms with E-state index in [1.165, 1.54) is 30.8 Å². The highest BCUT2D eigenvalue weighted by Crippen LogP contribution is 2.24. The molecule has 0 spiro atoms. The molecule has 0 radical (unpaired) electrons. The summed E-state index contributed by atoms with van der Waals surface area (Å²) < 4.78 is 0. The van der Waals surface area contributed by atoms with E-state index in [-0.39, 0.29) is 16.7 Å². The summed E-state index contributed by atoms with van der Waals surface area (Å²) in [7, 11) is 0. The molecule has 1 aliphatic carbocycles.